The Bertz CT molecular complexity index is 797. The molecule has 1 unspecified atom stereocenters. The summed E-state index contributed by atoms with van der Waals surface area (Å²) in [7, 11) is 0.469. The highest BCUT2D eigenvalue weighted by atomic mass is 32.2. The Labute approximate surface area is 129 Å². The summed E-state index contributed by atoms with van der Waals surface area (Å²) in [5.74, 6) is 1.24. The van der Waals surface area contributed by atoms with E-state index in [-0.39, 0.29) is 0 Å². The van der Waals surface area contributed by atoms with Crippen molar-refractivity contribution in [3.8, 4) is 5.75 Å². The van der Waals surface area contributed by atoms with Crippen LogP contribution in [-0.4, -0.2) is 16.3 Å². The third kappa shape index (κ3) is 3.06. The summed E-state index contributed by atoms with van der Waals surface area (Å²) in [4.78, 5) is 4.42. The van der Waals surface area contributed by atoms with E-state index >= 15 is 0 Å². The molecule has 1 heterocycles. The van der Waals surface area contributed by atoms with E-state index in [0.717, 1.165) is 21.5 Å². The van der Waals surface area contributed by atoms with Gasteiger partial charge >= 0.3 is 0 Å². The maximum atomic E-state index is 12.4. The summed E-state index contributed by atoms with van der Waals surface area (Å²) >= 11 is 1.43. The zero-order valence-electron chi connectivity index (χ0n) is 11.4. The number of hydrogen-bond donors (Lipinski definition) is 1. The number of thiazole rings is 1. The van der Waals surface area contributed by atoms with Crippen molar-refractivity contribution < 1.29 is 8.95 Å². The molecule has 6 heteroatoms. The zero-order chi connectivity index (χ0) is 14.8. The van der Waals surface area contributed by atoms with E-state index in [9.17, 15) is 4.21 Å². The highest BCUT2D eigenvalue weighted by molar-refractivity contribution is 7.86. The molecule has 3 rings (SSSR count). The molecule has 0 radical (unpaired) electrons. The van der Waals surface area contributed by atoms with Crippen LogP contribution in [0.5, 0.6) is 5.75 Å². The number of fused-ring (bicyclic) bond motifs is 1. The van der Waals surface area contributed by atoms with Gasteiger partial charge in [0.1, 0.15) is 5.75 Å². The van der Waals surface area contributed by atoms with E-state index in [1.165, 1.54) is 11.3 Å². The molecule has 1 aromatic heterocycles. The molecule has 2 N–H and O–H groups in total. The van der Waals surface area contributed by atoms with Gasteiger partial charge in [-0.2, -0.15) is 0 Å². The van der Waals surface area contributed by atoms with Crippen LogP contribution in [-0.2, 0) is 16.6 Å². The number of nitrogen functional groups attached to an aromatic ring is 1. The quantitative estimate of drug-likeness (QED) is 0.750. The smallest absolute Gasteiger partial charge is 0.182 e. The monoisotopic (exact) mass is 318 g/mol. The summed E-state index contributed by atoms with van der Waals surface area (Å²) in [5, 5.41) is 0. The molecule has 1 atom stereocenters. The standard InChI is InChI=1S/C15H14N2O2S2/c1-19-12-5-2-10(3-6-12)9-21(18)15-17-13-7-4-11(16)8-14(13)20-15/h2-8H,9,16H2,1H3. The topological polar surface area (TPSA) is 65.2 Å². The van der Waals surface area contributed by atoms with Gasteiger partial charge in [-0.15, -0.1) is 11.3 Å². The molecule has 2 aromatic carbocycles. The average molecular weight is 318 g/mol. The van der Waals surface area contributed by atoms with Gasteiger partial charge in [-0.25, -0.2) is 4.98 Å². The van der Waals surface area contributed by atoms with Gasteiger partial charge in [0.15, 0.2) is 4.34 Å². The maximum Gasteiger partial charge on any atom is 0.182 e. The van der Waals surface area contributed by atoms with E-state index in [1.807, 2.05) is 36.4 Å². The fourth-order valence-electron chi connectivity index (χ4n) is 1.95. The number of benzene rings is 2. The molecular formula is C15H14N2O2S2. The Morgan fingerprint density at radius 3 is 2.71 bits per heavy atom. The summed E-state index contributed by atoms with van der Waals surface area (Å²) < 4.78 is 19.1. The predicted molar refractivity (Wildman–Crippen MR) is 87.1 cm³/mol. The first kappa shape index (κ1) is 14.0. The van der Waals surface area contributed by atoms with E-state index in [4.69, 9.17) is 10.5 Å². The van der Waals surface area contributed by atoms with Crippen molar-refractivity contribution >= 4 is 38.0 Å². The first-order chi connectivity index (χ1) is 10.2. The van der Waals surface area contributed by atoms with Gasteiger partial charge < -0.3 is 10.5 Å². The summed E-state index contributed by atoms with van der Waals surface area (Å²) in [6.07, 6.45) is 0. The first-order valence-corrected chi connectivity index (χ1v) is 8.46. The Hall–Kier alpha value is -1.92. The number of ether oxygens (including phenoxy) is 1. The average Bonchev–Trinajstić information content (AvgIpc) is 2.91. The third-order valence-corrected chi connectivity index (χ3v) is 5.74. The minimum absolute atomic E-state index is 0.444. The van der Waals surface area contributed by atoms with Crippen LogP contribution >= 0.6 is 11.3 Å². The number of hydrogen-bond acceptors (Lipinski definition) is 5. The zero-order valence-corrected chi connectivity index (χ0v) is 13.0. The molecule has 0 amide bonds. The summed E-state index contributed by atoms with van der Waals surface area (Å²) in [5.41, 5.74) is 8.28. The van der Waals surface area contributed by atoms with E-state index < -0.39 is 10.8 Å². The minimum atomic E-state index is -1.16. The largest absolute Gasteiger partial charge is 0.497 e. The van der Waals surface area contributed by atoms with Crippen molar-refractivity contribution in [3.63, 3.8) is 0 Å². The molecule has 0 aliphatic carbocycles. The second kappa shape index (κ2) is 5.83. The van der Waals surface area contributed by atoms with Crippen molar-refractivity contribution in [3.05, 3.63) is 48.0 Å². The Balaban J connectivity index is 1.82. The van der Waals surface area contributed by atoms with Gasteiger partial charge in [0.25, 0.3) is 0 Å². The number of anilines is 1. The molecule has 3 aromatic rings. The molecule has 0 aliphatic heterocycles. The van der Waals surface area contributed by atoms with Crippen molar-refractivity contribution in [2.24, 2.45) is 0 Å². The van der Waals surface area contributed by atoms with Crippen LogP contribution in [0.25, 0.3) is 10.2 Å². The molecule has 108 valence electrons. The van der Waals surface area contributed by atoms with Gasteiger partial charge in [-0.05, 0) is 35.9 Å². The third-order valence-electron chi connectivity index (χ3n) is 3.04. The predicted octanol–water partition coefficient (Wildman–Crippen LogP) is 3.19. The first-order valence-electron chi connectivity index (χ1n) is 6.33. The number of rotatable bonds is 4. The van der Waals surface area contributed by atoms with Crippen LogP contribution < -0.4 is 10.5 Å². The van der Waals surface area contributed by atoms with Crippen LogP contribution in [0.4, 0.5) is 5.69 Å². The lowest BCUT2D eigenvalue weighted by Crippen LogP contribution is -1.95. The van der Waals surface area contributed by atoms with Crippen molar-refractivity contribution in [2.45, 2.75) is 10.1 Å². The highest BCUT2D eigenvalue weighted by Crippen LogP contribution is 2.27. The lowest BCUT2D eigenvalue weighted by molar-refractivity contribution is 0.414. The van der Waals surface area contributed by atoms with Crippen molar-refractivity contribution in [1.82, 2.24) is 4.98 Å². The lowest BCUT2D eigenvalue weighted by Gasteiger charge is -2.02. The second-order valence-electron chi connectivity index (χ2n) is 4.54. The number of methoxy groups -OCH3 is 1. The van der Waals surface area contributed by atoms with Crippen molar-refractivity contribution in [2.75, 3.05) is 12.8 Å². The molecule has 0 spiro atoms. The van der Waals surface area contributed by atoms with Gasteiger partial charge in [-0.3, -0.25) is 4.21 Å². The van der Waals surface area contributed by atoms with Crippen LogP contribution in [0.15, 0.2) is 46.8 Å². The van der Waals surface area contributed by atoms with Crippen LogP contribution in [0.3, 0.4) is 0 Å². The lowest BCUT2D eigenvalue weighted by atomic mass is 10.2. The highest BCUT2D eigenvalue weighted by Gasteiger charge is 2.11. The van der Waals surface area contributed by atoms with Crippen LogP contribution in [0, 0.1) is 0 Å². The number of nitrogens with zero attached hydrogens (tertiary/aromatic N) is 1. The summed E-state index contributed by atoms with van der Waals surface area (Å²) in [6, 6.07) is 13.1. The molecular weight excluding hydrogens is 304 g/mol. The molecule has 4 nitrogen and oxygen atoms in total. The van der Waals surface area contributed by atoms with Crippen molar-refractivity contribution in [1.29, 1.82) is 0 Å². The summed E-state index contributed by atoms with van der Waals surface area (Å²) in [6.45, 7) is 0. The van der Waals surface area contributed by atoms with Gasteiger partial charge in [0, 0.05) is 5.69 Å². The van der Waals surface area contributed by atoms with Crippen LogP contribution in [0.1, 0.15) is 5.56 Å². The Morgan fingerprint density at radius 1 is 1.24 bits per heavy atom. The second-order valence-corrected chi connectivity index (χ2v) is 7.20. The molecule has 0 fully saturated rings. The van der Waals surface area contributed by atoms with Crippen LogP contribution in [0.2, 0.25) is 0 Å². The van der Waals surface area contributed by atoms with Gasteiger partial charge in [0.05, 0.1) is 33.9 Å². The van der Waals surface area contributed by atoms with Gasteiger partial charge in [0.2, 0.25) is 0 Å². The van der Waals surface area contributed by atoms with E-state index in [2.05, 4.69) is 4.98 Å². The maximum absolute atomic E-state index is 12.4. The van der Waals surface area contributed by atoms with Gasteiger partial charge in [-0.1, -0.05) is 12.1 Å². The molecule has 0 aliphatic rings. The normalized spacial score (nSPS) is 12.4. The fourth-order valence-corrected chi connectivity index (χ4v) is 4.33. The minimum Gasteiger partial charge on any atom is -0.497 e. The molecule has 0 bridgehead atoms. The SMILES string of the molecule is COc1ccc(CS(=O)c2nc3ccc(N)cc3s2)cc1. The number of aromatic nitrogens is 1. The Morgan fingerprint density at radius 2 is 2.00 bits per heavy atom. The molecule has 21 heavy (non-hydrogen) atoms. The number of nitrogens with two attached hydrogens (primary N) is 1. The molecule has 0 saturated carbocycles. The fraction of sp³-hybridized carbons (Fsp3) is 0.133. The molecule has 0 saturated heterocycles. The Kier molecular flexibility index (Phi) is 3.90. The van der Waals surface area contributed by atoms with E-state index in [0.29, 0.717) is 15.8 Å². The van der Waals surface area contributed by atoms with E-state index in [1.54, 1.807) is 13.2 Å².